The lowest BCUT2D eigenvalue weighted by Gasteiger charge is -2.26. The van der Waals surface area contributed by atoms with Crippen LogP contribution in [-0.4, -0.2) is 56.0 Å². The summed E-state index contributed by atoms with van der Waals surface area (Å²) in [5, 5.41) is 14.5. The number of aryl methyl sites for hydroxylation is 1. The van der Waals surface area contributed by atoms with E-state index < -0.39 is 40.4 Å². The minimum Gasteiger partial charge on any atom is -0.478 e. The van der Waals surface area contributed by atoms with Gasteiger partial charge in [-0.25, -0.2) is 22.4 Å². The van der Waals surface area contributed by atoms with Crippen LogP contribution >= 0.6 is 0 Å². The Morgan fingerprint density at radius 2 is 1.62 bits per heavy atom. The molecular weight excluding hydrogens is 490 g/mol. The predicted molar refractivity (Wildman–Crippen MR) is 133 cm³/mol. The van der Waals surface area contributed by atoms with Crippen molar-refractivity contribution >= 4 is 18.4 Å². The Kier molecular flexibility index (Phi) is 7.60. The maximum absolute atomic E-state index is 15.3. The molecule has 194 valence electrons. The second-order valence-corrected chi connectivity index (χ2v) is 8.75. The van der Waals surface area contributed by atoms with Gasteiger partial charge < -0.3 is 9.84 Å². The summed E-state index contributed by atoms with van der Waals surface area (Å²) in [5.74, 6) is -7.79. The molecule has 37 heavy (non-hydrogen) atoms. The molecule has 10 heteroatoms. The smallest absolute Gasteiger partial charge is 0.337 e. The van der Waals surface area contributed by atoms with E-state index in [2.05, 4.69) is 16.7 Å². The molecule has 3 aromatic carbocycles. The van der Waals surface area contributed by atoms with Crippen LogP contribution in [0.1, 0.15) is 21.5 Å². The van der Waals surface area contributed by atoms with Crippen molar-refractivity contribution in [3.05, 3.63) is 76.4 Å². The van der Waals surface area contributed by atoms with Crippen molar-refractivity contribution in [1.29, 1.82) is 0 Å². The molecule has 0 saturated carbocycles. The molecular formula is C27H25F4N3O3. The maximum Gasteiger partial charge on any atom is 0.337 e. The lowest BCUT2D eigenvalue weighted by atomic mass is 9.93. The Morgan fingerprint density at radius 3 is 2.19 bits per heavy atom. The van der Waals surface area contributed by atoms with Crippen molar-refractivity contribution in [3.63, 3.8) is 0 Å². The molecule has 0 spiro atoms. The average molecular weight is 516 g/mol. The van der Waals surface area contributed by atoms with Crippen LogP contribution in [0.25, 0.3) is 22.3 Å². The van der Waals surface area contributed by atoms with Crippen LogP contribution in [0.3, 0.4) is 0 Å². The highest BCUT2D eigenvalue weighted by atomic mass is 19.2. The first-order chi connectivity index (χ1) is 17.6. The summed E-state index contributed by atoms with van der Waals surface area (Å²) < 4.78 is 66.7. The number of aromatic carboxylic acids is 1. The highest BCUT2D eigenvalue weighted by molar-refractivity contribution is 5.97. The van der Waals surface area contributed by atoms with Crippen molar-refractivity contribution in [1.82, 2.24) is 4.90 Å². The quantitative estimate of drug-likeness (QED) is 0.196. The van der Waals surface area contributed by atoms with E-state index in [1.165, 1.54) is 37.2 Å². The van der Waals surface area contributed by atoms with Gasteiger partial charge >= 0.3 is 5.97 Å². The van der Waals surface area contributed by atoms with E-state index in [0.717, 1.165) is 11.6 Å². The van der Waals surface area contributed by atoms with Crippen LogP contribution in [-0.2, 0) is 11.3 Å². The Morgan fingerprint density at radius 1 is 1.03 bits per heavy atom. The van der Waals surface area contributed by atoms with E-state index in [4.69, 9.17) is 4.74 Å². The molecule has 0 radical (unpaired) electrons. The number of hydrazone groups is 1. The van der Waals surface area contributed by atoms with Crippen molar-refractivity contribution in [2.75, 3.05) is 38.4 Å². The van der Waals surface area contributed by atoms with Crippen LogP contribution < -0.4 is 5.01 Å². The average Bonchev–Trinajstić information content (AvgIpc) is 2.88. The number of carboxylic acid groups (broad SMARTS) is 1. The number of anilines is 1. The van der Waals surface area contributed by atoms with Gasteiger partial charge in [-0.15, -0.1) is 0 Å². The van der Waals surface area contributed by atoms with Gasteiger partial charge in [0.15, 0.2) is 23.3 Å². The highest BCUT2D eigenvalue weighted by Gasteiger charge is 2.29. The molecule has 0 aliphatic carbocycles. The summed E-state index contributed by atoms with van der Waals surface area (Å²) in [7, 11) is 1.45. The van der Waals surface area contributed by atoms with Gasteiger partial charge in [-0.3, -0.25) is 9.91 Å². The van der Waals surface area contributed by atoms with Crippen molar-refractivity contribution in [3.8, 4) is 22.3 Å². The molecule has 0 bridgehead atoms. The number of benzene rings is 3. The molecule has 1 heterocycles. The predicted octanol–water partition coefficient (Wildman–Crippen LogP) is 5.47. The molecule has 0 unspecified atom stereocenters. The van der Waals surface area contributed by atoms with Crippen LogP contribution in [0, 0.1) is 30.2 Å². The Bertz CT molecular complexity index is 1340. The topological polar surface area (TPSA) is 65.4 Å². The fourth-order valence-corrected chi connectivity index (χ4v) is 4.57. The molecule has 0 amide bonds. The molecule has 1 fully saturated rings. The van der Waals surface area contributed by atoms with Gasteiger partial charge in [-0.2, -0.15) is 5.10 Å². The first-order valence-electron chi connectivity index (χ1n) is 11.5. The van der Waals surface area contributed by atoms with Gasteiger partial charge in [0.1, 0.15) is 0 Å². The molecule has 1 N–H and O–H groups in total. The molecule has 1 aliphatic heterocycles. The standard InChI is InChI=1S/C27H25F4N3O3/c1-15-11-18(13-19(27(35)36)26(15)33(3)32-2)21-24(30)22(28)20(23(29)25(21)31)17-6-4-5-16(12-17)14-34-7-9-37-10-8-34/h4-6,11-13H,2,7-10,14H2,1,3H3,(H,35,36). The zero-order valence-corrected chi connectivity index (χ0v) is 20.3. The third-order valence-electron chi connectivity index (χ3n) is 6.34. The number of carboxylic acids is 1. The SMILES string of the molecule is C=NN(C)c1c(C)cc(-c2c(F)c(F)c(-c3cccc(CN4CCOCC4)c3)c(F)c2F)cc1C(=O)O. The zero-order chi connectivity index (χ0) is 26.9. The number of rotatable bonds is 7. The number of nitrogens with zero attached hydrogens (tertiary/aromatic N) is 3. The first kappa shape index (κ1) is 26.3. The molecule has 0 atom stereocenters. The first-order valence-corrected chi connectivity index (χ1v) is 11.5. The molecule has 1 aliphatic rings. The second-order valence-electron chi connectivity index (χ2n) is 8.75. The van der Waals surface area contributed by atoms with E-state index in [1.54, 1.807) is 12.1 Å². The van der Waals surface area contributed by atoms with Crippen LogP contribution in [0.5, 0.6) is 0 Å². The monoisotopic (exact) mass is 515 g/mol. The summed E-state index contributed by atoms with van der Waals surface area (Å²) in [5.41, 5.74) is -1.39. The normalized spacial score (nSPS) is 14.0. The van der Waals surface area contributed by atoms with Gasteiger partial charge in [0.05, 0.1) is 35.6 Å². The van der Waals surface area contributed by atoms with Gasteiger partial charge in [0.2, 0.25) is 0 Å². The third kappa shape index (κ3) is 5.07. The summed E-state index contributed by atoms with van der Waals surface area (Å²) >= 11 is 0. The summed E-state index contributed by atoms with van der Waals surface area (Å²) in [4.78, 5) is 14.0. The molecule has 4 rings (SSSR count). The number of hydrogen-bond acceptors (Lipinski definition) is 5. The highest BCUT2D eigenvalue weighted by Crippen LogP contribution is 2.39. The summed E-state index contributed by atoms with van der Waals surface area (Å²) in [6.45, 7) is 7.86. The lowest BCUT2D eigenvalue weighted by Crippen LogP contribution is -2.35. The van der Waals surface area contributed by atoms with Crippen molar-refractivity contribution < 1.29 is 32.2 Å². The maximum atomic E-state index is 15.3. The summed E-state index contributed by atoms with van der Waals surface area (Å²) in [6.07, 6.45) is 0. The fourth-order valence-electron chi connectivity index (χ4n) is 4.57. The zero-order valence-electron chi connectivity index (χ0n) is 20.3. The van der Waals surface area contributed by atoms with E-state index in [-0.39, 0.29) is 27.9 Å². The Labute approximate surface area is 211 Å². The van der Waals surface area contributed by atoms with Gasteiger partial charge in [-0.1, -0.05) is 18.2 Å². The molecule has 3 aromatic rings. The fraction of sp³-hybridized carbons (Fsp3) is 0.259. The molecule has 1 saturated heterocycles. The molecule has 0 aromatic heterocycles. The third-order valence-corrected chi connectivity index (χ3v) is 6.34. The number of halogens is 4. The van der Waals surface area contributed by atoms with Gasteiger partial charge in [-0.05, 0) is 47.4 Å². The van der Waals surface area contributed by atoms with Crippen molar-refractivity contribution in [2.45, 2.75) is 13.5 Å². The second kappa shape index (κ2) is 10.7. The van der Waals surface area contributed by atoms with E-state index >= 15 is 17.6 Å². The number of hydrogen-bond donors (Lipinski definition) is 1. The van der Waals surface area contributed by atoms with Gasteiger partial charge in [0.25, 0.3) is 0 Å². The lowest BCUT2D eigenvalue weighted by molar-refractivity contribution is 0.0342. The van der Waals surface area contributed by atoms with Crippen molar-refractivity contribution in [2.24, 2.45) is 5.10 Å². The van der Waals surface area contributed by atoms with Crippen LogP contribution in [0.4, 0.5) is 23.2 Å². The van der Waals surface area contributed by atoms with Crippen LogP contribution in [0.2, 0.25) is 0 Å². The number of ether oxygens (including phenoxy) is 1. The number of carbonyl (C=O) groups is 1. The van der Waals surface area contributed by atoms with E-state index in [0.29, 0.717) is 32.8 Å². The largest absolute Gasteiger partial charge is 0.478 e. The Balaban J connectivity index is 1.82. The summed E-state index contributed by atoms with van der Waals surface area (Å²) in [6, 6.07) is 8.40. The number of morpholine rings is 1. The van der Waals surface area contributed by atoms with E-state index in [9.17, 15) is 9.90 Å². The molecule has 6 nitrogen and oxygen atoms in total. The Hall–Kier alpha value is -3.76. The minimum atomic E-state index is -1.62. The minimum absolute atomic E-state index is 0.0125. The van der Waals surface area contributed by atoms with Crippen LogP contribution in [0.15, 0.2) is 41.5 Å². The van der Waals surface area contributed by atoms with Gasteiger partial charge in [0, 0.05) is 33.4 Å². The van der Waals surface area contributed by atoms with E-state index in [1.807, 2.05) is 0 Å².